The summed E-state index contributed by atoms with van der Waals surface area (Å²) in [6, 6.07) is 4.91. The van der Waals surface area contributed by atoms with Crippen LogP contribution in [0.5, 0.6) is 5.75 Å². The number of halogens is 1. The minimum Gasteiger partial charge on any atom is -0.493 e. The zero-order valence-corrected chi connectivity index (χ0v) is 11.8. The number of rotatable bonds is 3. The lowest BCUT2D eigenvalue weighted by Gasteiger charge is -2.23. The van der Waals surface area contributed by atoms with Gasteiger partial charge in [-0.25, -0.2) is 4.39 Å². The number of fused-ring (bicyclic) bond motifs is 1. The predicted molar refractivity (Wildman–Crippen MR) is 68.4 cm³/mol. The van der Waals surface area contributed by atoms with Gasteiger partial charge in [-0.05, 0) is 31.8 Å². The largest absolute Gasteiger partial charge is 0.493 e. The first-order chi connectivity index (χ1) is 8.40. The van der Waals surface area contributed by atoms with Gasteiger partial charge in [0.05, 0.1) is 12.7 Å². The molecule has 0 spiro atoms. The van der Waals surface area contributed by atoms with Crippen LogP contribution in [0.2, 0.25) is 19.6 Å². The number of nitriles is 1. The van der Waals surface area contributed by atoms with E-state index in [2.05, 4.69) is 6.07 Å². The second kappa shape index (κ2) is 4.71. The van der Waals surface area contributed by atoms with Crippen molar-refractivity contribution in [1.82, 2.24) is 0 Å². The summed E-state index contributed by atoms with van der Waals surface area (Å²) < 4.78 is 24.8. The molecule has 0 fully saturated rings. The molecular weight excluding hydrogens is 249 g/mol. The van der Waals surface area contributed by atoms with Crippen LogP contribution in [0.3, 0.4) is 0 Å². The Bertz CT molecular complexity index is 505. The molecule has 5 heteroatoms. The van der Waals surface area contributed by atoms with Crippen molar-refractivity contribution >= 4 is 8.32 Å². The number of nitrogens with zero attached hydrogens (tertiary/aromatic N) is 1. The van der Waals surface area contributed by atoms with E-state index in [1.807, 2.05) is 19.6 Å². The van der Waals surface area contributed by atoms with E-state index < -0.39 is 14.4 Å². The lowest BCUT2D eigenvalue weighted by atomic mass is 10.0. The maximum Gasteiger partial charge on any atom is 0.186 e. The van der Waals surface area contributed by atoms with Crippen molar-refractivity contribution in [1.29, 1.82) is 5.26 Å². The average molecular weight is 265 g/mol. The van der Waals surface area contributed by atoms with Crippen LogP contribution in [0.4, 0.5) is 4.39 Å². The van der Waals surface area contributed by atoms with Crippen LogP contribution < -0.4 is 4.74 Å². The van der Waals surface area contributed by atoms with E-state index in [1.54, 1.807) is 0 Å². The van der Waals surface area contributed by atoms with Crippen molar-refractivity contribution in [3.05, 3.63) is 29.1 Å². The second-order valence-corrected chi connectivity index (χ2v) is 9.78. The minimum absolute atomic E-state index is 0.339. The molecule has 0 amide bonds. The lowest BCUT2D eigenvalue weighted by Crippen LogP contribution is -2.27. The SMILES string of the molecule is C[Si](C)(C)OC(C#N)c1cc(F)cc2c1OCC2. The second-order valence-electron chi connectivity index (χ2n) is 5.32. The summed E-state index contributed by atoms with van der Waals surface area (Å²) in [4.78, 5) is 0. The van der Waals surface area contributed by atoms with Crippen molar-refractivity contribution in [2.24, 2.45) is 0 Å². The third-order valence-electron chi connectivity index (χ3n) is 2.65. The van der Waals surface area contributed by atoms with Gasteiger partial charge in [-0.3, -0.25) is 0 Å². The summed E-state index contributed by atoms with van der Waals surface area (Å²) in [7, 11) is -1.87. The summed E-state index contributed by atoms with van der Waals surface area (Å²) in [6.45, 7) is 6.53. The summed E-state index contributed by atoms with van der Waals surface area (Å²) in [5.41, 5.74) is 1.34. The Morgan fingerprint density at radius 3 is 2.78 bits per heavy atom. The summed E-state index contributed by atoms with van der Waals surface area (Å²) in [6.07, 6.45) is -0.0650. The van der Waals surface area contributed by atoms with Crippen LogP contribution in [0.1, 0.15) is 17.2 Å². The highest BCUT2D eigenvalue weighted by Gasteiger charge is 2.28. The number of benzene rings is 1. The maximum absolute atomic E-state index is 13.5. The van der Waals surface area contributed by atoms with Crippen molar-refractivity contribution in [3.8, 4) is 11.8 Å². The van der Waals surface area contributed by atoms with E-state index in [0.29, 0.717) is 24.3 Å². The van der Waals surface area contributed by atoms with Crippen molar-refractivity contribution in [3.63, 3.8) is 0 Å². The molecule has 0 bridgehead atoms. The monoisotopic (exact) mass is 265 g/mol. The van der Waals surface area contributed by atoms with Gasteiger partial charge in [0.25, 0.3) is 0 Å². The molecule has 0 radical (unpaired) electrons. The maximum atomic E-state index is 13.5. The third-order valence-corrected chi connectivity index (χ3v) is 3.59. The Kier molecular flexibility index (Phi) is 3.42. The Balaban J connectivity index is 2.41. The van der Waals surface area contributed by atoms with Crippen LogP contribution in [0.15, 0.2) is 12.1 Å². The predicted octanol–water partition coefficient (Wildman–Crippen LogP) is 3.18. The van der Waals surface area contributed by atoms with Crippen LogP contribution in [-0.4, -0.2) is 14.9 Å². The van der Waals surface area contributed by atoms with Crippen LogP contribution >= 0.6 is 0 Å². The Morgan fingerprint density at radius 2 is 2.17 bits per heavy atom. The van der Waals surface area contributed by atoms with Gasteiger partial charge in [0.15, 0.2) is 14.4 Å². The summed E-state index contributed by atoms with van der Waals surface area (Å²) >= 11 is 0. The van der Waals surface area contributed by atoms with Crippen molar-refractivity contribution in [2.45, 2.75) is 32.2 Å². The molecule has 0 aliphatic carbocycles. The Labute approximate surface area is 107 Å². The number of hydrogen-bond donors (Lipinski definition) is 0. The quantitative estimate of drug-likeness (QED) is 0.788. The van der Waals surface area contributed by atoms with Gasteiger partial charge >= 0.3 is 0 Å². The van der Waals surface area contributed by atoms with Gasteiger partial charge in [0.1, 0.15) is 11.6 Å². The van der Waals surface area contributed by atoms with Gasteiger partial charge < -0.3 is 9.16 Å². The molecule has 96 valence electrons. The average Bonchev–Trinajstić information content (AvgIpc) is 2.71. The first-order valence-corrected chi connectivity index (χ1v) is 9.34. The van der Waals surface area contributed by atoms with E-state index in [9.17, 15) is 9.65 Å². The molecule has 0 N–H and O–H groups in total. The van der Waals surface area contributed by atoms with Gasteiger partial charge in [-0.15, -0.1) is 0 Å². The topological polar surface area (TPSA) is 42.2 Å². The molecule has 0 saturated heterocycles. The summed E-state index contributed by atoms with van der Waals surface area (Å²) in [5.74, 6) is 0.287. The normalized spacial score (nSPS) is 15.7. The molecule has 18 heavy (non-hydrogen) atoms. The molecule has 1 heterocycles. The Morgan fingerprint density at radius 1 is 1.44 bits per heavy atom. The fourth-order valence-electron chi connectivity index (χ4n) is 2.01. The molecular formula is C13H16FNO2Si. The Hall–Kier alpha value is -1.38. The van der Waals surface area contributed by atoms with Crippen LogP contribution in [-0.2, 0) is 10.8 Å². The zero-order chi connectivity index (χ0) is 13.3. The smallest absolute Gasteiger partial charge is 0.186 e. The highest BCUT2D eigenvalue weighted by Crippen LogP contribution is 2.36. The summed E-state index contributed by atoms with van der Waals surface area (Å²) in [5, 5.41) is 9.23. The first-order valence-electron chi connectivity index (χ1n) is 5.93. The highest BCUT2D eigenvalue weighted by atomic mass is 28.4. The van der Waals surface area contributed by atoms with Gasteiger partial charge in [0.2, 0.25) is 0 Å². The fraction of sp³-hybridized carbons (Fsp3) is 0.462. The molecule has 2 rings (SSSR count). The molecule has 1 aromatic rings. The number of ether oxygens (including phenoxy) is 1. The molecule has 1 aliphatic rings. The standard InChI is InChI=1S/C13H16FNO2Si/c1-18(2,3)17-12(8-15)11-7-10(14)6-9-4-5-16-13(9)11/h6-7,12H,4-5H2,1-3H3. The zero-order valence-electron chi connectivity index (χ0n) is 10.8. The molecule has 0 aromatic heterocycles. The van der Waals surface area contributed by atoms with Crippen LogP contribution in [0.25, 0.3) is 0 Å². The fourth-order valence-corrected chi connectivity index (χ4v) is 2.89. The lowest BCUT2D eigenvalue weighted by molar-refractivity contribution is 0.246. The molecule has 0 saturated carbocycles. The van der Waals surface area contributed by atoms with E-state index >= 15 is 0 Å². The van der Waals surface area contributed by atoms with E-state index in [1.165, 1.54) is 12.1 Å². The van der Waals surface area contributed by atoms with Gasteiger partial charge in [-0.1, -0.05) is 0 Å². The molecule has 1 aromatic carbocycles. The van der Waals surface area contributed by atoms with Gasteiger partial charge in [-0.2, -0.15) is 5.26 Å². The molecule has 1 atom stereocenters. The van der Waals surface area contributed by atoms with Crippen LogP contribution in [0, 0.1) is 17.1 Å². The van der Waals surface area contributed by atoms with E-state index in [0.717, 1.165) is 5.56 Å². The highest BCUT2D eigenvalue weighted by molar-refractivity contribution is 6.69. The first kappa shape index (κ1) is 13.1. The molecule has 1 aliphatic heterocycles. The molecule has 1 unspecified atom stereocenters. The van der Waals surface area contributed by atoms with E-state index in [-0.39, 0.29) is 5.82 Å². The third kappa shape index (κ3) is 2.71. The van der Waals surface area contributed by atoms with Crippen molar-refractivity contribution in [2.75, 3.05) is 6.61 Å². The number of hydrogen-bond acceptors (Lipinski definition) is 3. The van der Waals surface area contributed by atoms with Gasteiger partial charge in [0, 0.05) is 17.5 Å². The van der Waals surface area contributed by atoms with E-state index in [4.69, 9.17) is 9.16 Å². The minimum atomic E-state index is -1.87. The van der Waals surface area contributed by atoms with Crippen molar-refractivity contribution < 1.29 is 13.6 Å². The molecule has 3 nitrogen and oxygen atoms in total.